The lowest BCUT2D eigenvalue weighted by atomic mass is 10.1. The van der Waals surface area contributed by atoms with Crippen LogP contribution in [0.1, 0.15) is 34.6 Å². The Hall–Kier alpha value is -3.03. The second kappa shape index (κ2) is 8.14. The van der Waals surface area contributed by atoms with Gasteiger partial charge in [0, 0.05) is 5.92 Å². The molecule has 0 heterocycles. The van der Waals surface area contributed by atoms with Gasteiger partial charge >= 0.3 is 6.18 Å². The second-order valence-electron chi connectivity index (χ2n) is 7.22. The Balaban J connectivity index is 1.43. The van der Waals surface area contributed by atoms with Crippen LogP contribution >= 0.6 is 0 Å². The summed E-state index contributed by atoms with van der Waals surface area (Å²) < 4.78 is 43.3. The van der Waals surface area contributed by atoms with Crippen LogP contribution in [0.3, 0.4) is 0 Å². The molecule has 1 fully saturated rings. The van der Waals surface area contributed by atoms with E-state index < -0.39 is 17.6 Å². The third kappa shape index (κ3) is 5.49. The van der Waals surface area contributed by atoms with Gasteiger partial charge in [-0.3, -0.25) is 20.4 Å². The number of carbonyl (C=O) groups is 2. The van der Waals surface area contributed by atoms with E-state index in [1.807, 2.05) is 19.9 Å². The predicted octanol–water partition coefficient (Wildman–Crippen LogP) is 3.65. The van der Waals surface area contributed by atoms with E-state index in [9.17, 15) is 22.8 Å². The first-order chi connectivity index (χ1) is 13.6. The van der Waals surface area contributed by atoms with Crippen LogP contribution in [0.15, 0.2) is 42.5 Å². The van der Waals surface area contributed by atoms with Crippen LogP contribution in [0.4, 0.5) is 13.2 Å². The standard InChI is InChI=1S/C21H21F3N2O3/c1-12-7-13(2)9-16(8-12)29-11-19(27)25-26-20(28)18-10-17(18)14-3-5-15(6-4-14)21(22,23)24/h3-9,17-18H,10-11H2,1-2H3,(H,25,27)(H,26,28). The van der Waals surface area contributed by atoms with Crippen molar-refractivity contribution in [2.24, 2.45) is 5.92 Å². The van der Waals surface area contributed by atoms with Gasteiger partial charge in [-0.15, -0.1) is 0 Å². The predicted molar refractivity (Wildman–Crippen MR) is 100.0 cm³/mol. The van der Waals surface area contributed by atoms with Crippen LogP contribution in [-0.4, -0.2) is 18.4 Å². The van der Waals surface area contributed by atoms with Crippen LogP contribution < -0.4 is 15.6 Å². The van der Waals surface area contributed by atoms with Gasteiger partial charge in [-0.2, -0.15) is 13.2 Å². The minimum Gasteiger partial charge on any atom is -0.484 e. The van der Waals surface area contributed by atoms with Gasteiger partial charge < -0.3 is 4.74 Å². The molecule has 2 aromatic carbocycles. The van der Waals surface area contributed by atoms with E-state index in [1.54, 1.807) is 12.1 Å². The van der Waals surface area contributed by atoms with Crippen molar-refractivity contribution in [1.82, 2.24) is 10.9 Å². The first kappa shape index (κ1) is 20.7. The Kier molecular flexibility index (Phi) is 5.81. The molecule has 154 valence electrons. The van der Waals surface area contributed by atoms with E-state index in [0.717, 1.165) is 23.3 Å². The smallest absolute Gasteiger partial charge is 0.416 e. The molecule has 0 bridgehead atoms. The maximum atomic E-state index is 12.6. The number of ether oxygens (including phenoxy) is 1. The summed E-state index contributed by atoms with van der Waals surface area (Å²) in [4.78, 5) is 24.0. The van der Waals surface area contributed by atoms with Gasteiger partial charge in [-0.25, -0.2) is 0 Å². The lowest BCUT2D eigenvalue weighted by Crippen LogP contribution is -2.44. The molecule has 2 aromatic rings. The minimum atomic E-state index is -4.39. The third-order valence-electron chi connectivity index (χ3n) is 4.68. The second-order valence-corrected chi connectivity index (χ2v) is 7.22. The van der Waals surface area contributed by atoms with Crippen molar-refractivity contribution in [2.45, 2.75) is 32.4 Å². The largest absolute Gasteiger partial charge is 0.484 e. The SMILES string of the molecule is Cc1cc(C)cc(OCC(=O)NNC(=O)C2CC2c2ccc(C(F)(F)F)cc2)c1. The van der Waals surface area contributed by atoms with E-state index in [1.165, 1.54) is 12.1 Å². The van der Waals surface area contributed by atoms with Gasteiger partial charge in [0.1, 0.15) is 5.75 Å². The fourth-order valence-electron chi connectivity index (χ4n) is 3.20. The Morgan fingerprint density at radius 3 is 2.24 bits per heavy atom. The van der Waals surface area contributed by atoms with E-state index >= 15 is 0 Å². The summed E-state index contributed by atoms with van der Waals surface area (Å²) in [7, 11) is 0. The van der Waals surface area contributed by atoms with Gasteiger partial charge in [0.05, 0.1) is 5.56 Å². The molecule has 1 saturated carbocycles. The number of hydrazine groups is 1. The van der Waals surface area contributed by atoms with Gasteiger partial charge in [0.25, 0.3) is 5.91 Å². The summed E-state index contributed by atoms with van der Waals surface area (Å²) in [6.45, 7) is 3.59. The molecule has 29 heavy (non-hydrogen) atoms. The average molecular weight is 406 g/mol. The van der Waals surface area contributed by atoms with Gasteiger partial charge in [0.2, 0.25) is 5.91 Å². The van der Waals surface area contributed by atoms with Crippen molar-refractivity contribution in [2.75, 3.05) is 6.61 Å². The first-order valence-electron chi connectivity index (χ1n) is 9.10. The van der Waals surface area contributed by atoms with Gasteiger partial charge in [-0.1, -0.05) is 18.2 Å². The molecular weight excluding hydrogens is 385 g/mol. The number of carbonyl (C=O) groups excluding carboxylic acids is 2. The number of aryl methyl sites for hydroxylation is 2. The topological polar surface area (TPSA) is 67.4 Å². The number of hydrogen-bond acceptors (Lipinski definition) is 3. The molecule has 0 aliphatic heterocycles. The van der Waals surface area contributed by atoms with E-state index in [-0.39, 0.29) is 24.3 Å². The lowest BCUT2D eigenvalue weighted by Gasteiger charge is -2.10. The number of halogens is 3. The zero-order chi connectivity index (χ0) is 21.2. The summed E-state index contributed by atoms with van der Waals surface area (Å²) in [6.07, 6.45) is -3.87. The monoisotopic (exact) mass is 406 g/mol. The van der Waals surface area contributed by atoms with Crippen LogP contribution in [0.2, 0.25) is 0 Å². The summed E-state index contributed by atoms with van der Waals surface area (Å²) >= 11 is 0. The molecule has 0 radical (unpaired) electrons. The highest BCUT2D eigenvalue weighted by Crippen LogP contribution is 2.47. The zero-order valence-corrected chi connectivity index (χ0v) is 16.0. The van der Waals surface area contributed by atoms with E-state index in [2.05, 4.69) is 10.9 Å². The summed E-state index contributed by atoms with van der Waals surface area (Å²) in [5, 5.41) is 0. The van der Waals surface area contributed by atoms with Gasteiger partial charge in [0.15, 0.2) is 6.61 Å². The fourth-order valence-corrected chi connectivity index (χ4v) is 3.20. The molecule has 0 aromatic heterocycles. The first-order valence-corrected chi connectivity index (χ1v) is 9.10. The molecule has 3 rings (SSSR count). The number of benzene rings is 2. The molecule has 1 aliphatic carbocycles. The van der Waals surface area contributed by atoms with Crippen molar-refractivity contribution < 1.29 is 27.5 Å². The molecular formula is C21H21F3N2O3. The highest BCUT2D eigenvalue weighted by molar-refractivity contribution is 5.86. The molecule has 2 atom stereocenters. The number of alkyl halides is 3. The van der Waals surface area contributed by atoms with Crippen molar-refractivity contribution in [1.29, 1.82) is 0 Å². The summed E-state index contributed by atoms with van der Waals surface area (Å²) in [5.41, 5.74) is 6.60. The average Bonchev–Trinajstić information content (AvgIpc) is 3.44. The highest BCUT2D eigenvalue weighted by atomic mass is 19.4. The quantitative estimate of drug-likeness (QED) is 0.745. The maximum absolute atomic E-state index is 12.6. The zero-order valence-electron chi connectivity index (χ0n) is 16.0. The van der Waals surface area contributed by atoms with Crippen molar-refractivity contribution in [3.05, 3.63) is 64.7 Å². The number of amides is 2. The van der Waals surface area contributed by atoms with Gasteiger partial charge in [-0.05, 0) is 67.1 Å². The van der Waals surface area contributed by atoms with Crippen LogP contribution in [0, 0.1) is 19.8 Å². The van der Waals surface area contributed by atoms with E-state index in [4.69, 9.17) is 4.74 Å². The normalized spacial score (nSPS) is 18.1. The Bertz CT molecular complexity index is 890. The Morgan fingerprint density at radius 1 is 1.03 bits per heavy atom. The summed E-state index contributed by atoms with van der Waals surface area (Å²) in [6, 6.07) is 10.4. The minimum absolute atomic E-state index is 0.152. The maximum Gasteiger partial charge on any atom is 0.416 e. The van der Waals surface area contributed by atoms with Crippen molar-refractivity contribution >= 4 is 11.8 Å². The molecule has 2 amide bonds. The molecule has 2 unspecified atom stereocenters. The number of hydrogen-bond donors (Lipinski definition) is 2. The molecule has 0 saturated heterocycles. The van der Waals surface area contributed by atoms with Crippen LogP contribution in [0.5, 0.6) is 5.75 Å². The molecule has 8 heteroatoms. The molecule has 1 aliphatic rings. The third-order valence-corrected chi connectivity index (χ3v) is 4.68. The van der Waals surface area contributed by atoms with Crippen LogP contribution in [0.25, 0.3) is 0 Å². The lowest BCUT2D eigenvalue weighted by molar-refractivity contribution is -0.137. The van der Waals surface area contributed by atoms with Crippen LogP contribution in [-0.2, 0) is 15.8 Å². The molecule has 0 spiro atoms. The van der Waals surface area contributed by atoms with Crippen molar-refractivity contribution in [3.63, 3.8) is 0 Å². The molecule has 2 N–H and O–H groups in total. The number of nitrogens with one attached hydrogen (secondary N) is 2. The summed E-state index contributed by atoms with van der Waals surface area (Å²) in [5.74, 6) is -0.861. The van der Waals surface area contributed by atoms with Crippen molar-refractivity contribution in [3.8, 4) is 5.75 Å². The fraction of sp³-hybridized carbons (Fsp3) is 0.333. The Labute approximate surface area is 166 Å². The Morgan fingerprint density at radius 2 is 1.66 bits per heavy atom. The highest BCUT2D eigenvalue weighted by Gasteiger charge is 2.44. The molecule has 5 nitrogen and oxygen atoms in total. The van der Waals surface area contributed by atoms with E-state index in [0.29, 0.717) is 17.7 Å². The number of rotatable bonds is 5.